The molecule has 9 nitrogen and oxygen atoms in total. The summed E-state index contributed by atoms with van der Waals surface area (Å²) >= 11 is 6.35. The van der Waals surface area contributed by atoms with Crippen molar-refractivity contribution < 1.29 is 28.7 Å². The van der Waals surface area contributed by atoms with Crippen molar-refractivity contribution in [3.8, 4) is 23.0 Å². The Hall–Kier alpha value is -4.50. The quantitative estimate of drug-likeness (QED) is 0.103. The predicted molar refractivity (Wildman–Crippen MR) is 143 cm³/mol. The van der Waals surface area contributed by atoms with Crippen LogP contribution in [-0.4, -0.2) is 39.1 Å². The Morgan fingerprint density at radius 2 is 1.51 bits per heavy atom. The molecule has 0 aliphatic heterocycles. The Morgan fingerprint density at radius 1 is 0.892 bits per heavy atom. The minimum atomic E-state index is -0.521. The van der Waals surface area contributed by atoms with E-state index in [0.29, 0.717) is 44.8 Å². The number of benzene rings is 3. The number of ether oxygens (including phenoxy) is 4. The number of nitro groups is 1. The minimum Gasteiger partial charge on any atom is -0.495 e. The summed E-state index contributed by atoms with van der Waals surface area (Å²) in [5, 5.41) is 14.3. The molecule has 0 spiro atoms. The number of hydrogen-bond donors (Lipinski definition) is 1. The van der Waals surface area contributed by atoms with E-state index in [0.717, 1.165) is 5.56 Å². The maximum atomic E-state index is 12.5. The predicted octanol–water partition coefficient (Wildman–Crippen LogP) is 6.26. The summed E-state index contributed by atoms with van der Waals surface area (Å²) in [5.74, 6) is 1.64. The molecule has 0 saturated heterocycles. The Bertz CT molecular complexity index is 1330. The first kappa shape index (κ1) is 27.1. The van der Waals surface area contributed by atoms with Gasteiger partial charge in [-0.25, -0.2) is 0 Å². The van der Waals surface area contributed by atoms with Gasteiger partial charge in [0.15, 0.2) is 17.3 Å². The maximum Gasteiger partial charge on any atom is 0.269 e. The van der Waals surface area contributed by atoms with Crippen molar-refractivity contribution in [2.24, 2.45) is 0 Å². The fourth-order valence-electron chi connectivity index (χ4n) is 3.42. The smallest absolute Gasteiger partial charge is 0.269 e. The number of rotatable bonds is 11. The summed E-state index contributed by atoms with van der Waals surface area (Å²) in [7, 11) is 6.12. The van der Waals surface area contributed by atoms with E-state index in [1.165, 1.54) is 50.8 Å². The van der Waals surface area contributed by atoms with Crippen LogP contribution in [0.1, 0.15) is 21.5 Å². The Labute approximate surface area is 219 Å². The third-order valence-corrected chi connectivity index (χ3v) is 5.60. The van der Waals surface area contributed by atoms with Crippen molar-refractivity contribution in [3.05, 3.63) is 92.6 Å². The van der Waals surface area contributed by atoms with E-state index >= 15 is 0 Å². The molecule has 0 saturated carbocycles. The van der Waals surface area contributed by atoms with Crippen LogP contribution >= 0.6 is 11.6 Å². The monoisotopic (exact) mass is 524 g/mol. The molecule has 0 atom stereocenters. The highest BCUT2D eigenvalue weighted by atomic mass is 35.5. The number of carbonyl (C=O) groups excluding carboxylic acids is 1. The fraction of sp³-hybridized carbons (Fsp3) is 0.148. The highest BCUT2D eigenvalue weighted by Crippen LogP contribution is 2.39. The lowest BCUT2D eigenvalue weighted by Crippen LogP contribution is -1.98. The summed E-state index contributed by atoms with van der Waals surface area (Å²) in [6.07, 6.45) is 6.48. The van der Waals surface area contributed by atoms with Gasteiger partial charge in [0.05, 0.1) is 38.4 Å². The molecule has 0 aliphatic carbocycles. The number of non-ortho nitro benzene ring substituents is 1. The number of allylic oxidation sites excluding steroid dienone is 1. The average Bonchev–Trinajstić information content (AvgIpc) is 2.91. The molecular formula is C27H25ClN2O7. The molecule has 0 unspecified atom stereocenters. The average molecular weight is 525 g/mol. The fourth-order valence-corrected chi connectivity index (χ4v) is 3.67. The summed E-state index contributed by atoms with van der Waals surface area (Å²) in [6.45, 7) is 0. The largest absolute Gasteiger partial charge is 0.495 e. The zero-order valence-electron chi connectivity index (χ0n) is 20.6. The number of nitro benzene ring substituents is 1. The molecule has 3 aromatic carbocycles. The Balaban J connectivity index is 1.88. The molecular weight excluding hydrogens is 500 g/mol. The van der Waals surface area contributed by atoms with Crippen LogP contribution in [0.4, 0.5) is 11.4 Å². The van der Waals surface area contributed by atoms with E-state index in [1.54, 1.807) is 38.5 Å². The third-order valence-electron chi connectivity index (χ3n) is 5.30. The van der Waals surface area contributed by atoms with Gasteiger partial charge in [0.2, 0.25) is 5.75 Å². The van der Waals surface area contributed by atoms with Crippen LogP contribution < -0.4 is 24.3 Å². The molecule has 10 heteroatoms. The van der Waals surface area contributed by atoms with Gasteiger partial charge in [-0.2, -0.15) is 0 Å². The van der Waals surface area contributed by atoms with Gasteiger partial charge in [-0.15, -0.1) is 0 Å². The number of carbonyl (C=O) groups is 1. The molecule has 192 valence electrons. The van der Waals surface area contributed by atoms with Crippen LogP contribution in [0.15, 0.2) is 60.8 Å². The SMILES string of the molecule is COc1cc(N/C=C\C(=O)c2ccc([N+](=O)[O-])cc2)c(/C=C\c2cc(OC)c(OC)c(OC)c2)cc1Cl. The first-order chi connectivity index (χ1) is 17.8. The van der Waals surface area contributed by atoms with Crippen LogP contribution in [0.25, 0.3) is 12.2 Å². The normalized spacial score (nSPS) is 10.9. The lowest BCUT2D eigenvalue weighted by atomic mass is 10.1. The van der Waals surface area contributed by atoms with Gasteiger partial charge in [-0.3, -0.25) is 14.9 Å². The van der Waals surface area contributed by atoms with Crippen LogP contribution in [0.5, 0.6) is 23.0 Å². The van der Waals surface area contributed by atoms with Gasteiger partial charge in [0, 0.05) is 41.7 Å². The van der Waals surface area contributed by atoms with E-state index < -0.39 is 4.92 Å². The van der Waals surface area contributed by atoms with E-state index in [-0.39, 0.29) is 11.5 Å². The maximum absolute atomic E-state index is 12.5. The van der Waals surface area contributed by atoms with E-state index in [9.17, 15) is 14.9 Å². The van der Waals surface area contributed by atoms with E-state index in [1.807, 2.05) is 12.2 Å². The number of anilines is 1. The van der Waals surface area contributed by atoms with Gasteiger partial charge in [0.25, 0.3) is 5.69 Å². The molecule has 3 aromatic rings. The molecule has 37 heavy (non-hydrogen) atoms. The lowest BCUT2D eigenvalue weighted by molar-refractivity contribution is -0.384. The van der Waals surface area contributed by atoms with Crippen LogP contribution in [-0.2, 0) is 0 Å². The second-order valence-electron chi connectivity index (χ2n) is 7.51. The summed E-state index contributed by atoms with van der Waals surface area (Å²) < 4.78 is 21.5. The van der Waals surface area contributed by atoms with Gasteiger partial charge in [-0.05, 0) is 41.5 Å². The zero-order valence-corrected chi connectivity index (χ0v) is 21.4. The second-order valence-corrected chi connectivity index (χ2v) is 7.92. The summed E-state index contributed by atoms with van der Waals surface area (Å²) in [6, 6.07) is 12.4. The summed E-state index contributed by atoms with van der Waals surface area (Å²) in [4.78, 5) is 22.8. The highest BCUT2D eigenvalue weighted by Gasteiger charge is 2.13. The second kappa shape index (κ2) is 12.5. The highest BCUT2D eigenvalue weighted by molar-refractivity contribution is 6.32. The molecule has 0 radical (unpaired) electrons. The molecule has 0 aromatic heterocycles. The number of halogens is 1. The van der Waals surface area contributed by atoms with Crippen molar-refractivity contribution in [2.45, 2.75) is 0 Å². The molecule has 3 rings (SSSR count). The van der Waals surface area contributed by atoms with Crippen LogP contribution in [0, 0.1) is 10.1 Å². The Morgan fingerprint density at radius 3 is 2.05 bits per heavy atom. The molecule has 0 amide bonds. The molecule has 1 N–H and O–H groups in total. The van der Waals surface area contributed by atoms with Crippen molar-refractivity contribution in [1.82, 2.24) is 0 Å². The number of methoxy groups -OCH3 is 4. The van der Waals surface area contributed by atoms with Gasteiger partial charge >= 0.3 is 0 Å². The van der Waals surface area contributed by atoms with Crippen molar-refractivity contribution in [1.29, 1.82) is 0 Å². The van der Waals surface area contributed by atoms with Crippen molar-refractivity contribution in [3.63, 3.8) is 0 Å². The standard InChI is InChI=1S/C27H25ClN2O7/c1-34-24-16-22(29-12-11-23(31)18-7-9-20(10-8-18)30(32)33)19(15-21(24)28)6-5-17-13-25(35-2)27(37-4)26(14-17)36-3/h5-16,29H,1-4H3/b6-5-,12-11-. The molecule has 0 aliphatic rings. The molecule has 0 bridgehead atoms. The van der Waals surface area contributed by atoms with E-state index in [2.05, 4.69) is 5.32 Å². The van der Waals surface area contributed by atoms with Crippen LogP contribution in [0.2, 0.25) is 5.02 Å². The van der Waals surface area contributed by atoms with Gasteiger partial charge in [-0.1, -0.05) is 23.8 Å². The van der Waals surface area contributed by atoms with E-state index in [4.69, 9.17) is 30.5 Å². The summed E-state index contributed by atoms with van der Waals surface area (Å²) in [5.41, 5.74) is 2.36. The van der Waals surface area contributed by atoms with Gasteiger partial charge < -0.3 is 24.3 Å². The molecule has 0 heterocycles. The van der Waals surface area contributed by atoms with Crippen LogP contribution in [0.3, 0.4) is 0 Å². The minimum absolute atomic E-state index is 0.0876. The Kier molecular flexibility index (Phi) is 9.12. The topological polar surface area (TPSA) is 109 Å². The first-order valence-electron chi connectivity index (χ1n) is 10.9. The lowest BCUT2D eigenvalue weighted by Gasteiger charge is -2.13. The number of hydrogen-bond acceptors (Lipinski definition) is 8. The number of nitrogens with zero attached hydrogens (tertiary/aromatic N) is 1. The van der Waals surface area contributed by atoms with Gasteiger partial charge in [0.1, 0.15) is 5.75 Å². The molecule has 0 fully saturated rings. The first-order valence-corrected chi connectivity index (χ1v) is 11.3. The number of nitrogens with one attached hydrogen (secondary N) is 1. The van der Waals surface area contributed by atoms with Crippen molar-refractivity contribution in [2.75, 3.05) is 33.8 Å². The van der Waals surface area contributed by atoms with Crippen molar-refractivity contribution >= 4 is 40.9 Å². The third kappa shape index (κ3) is 6.59. The zero-order chi connectivity index (χ0) is 26.9. The number of ketones is 1.